The highest BCUT2D eigenvalue weighted by atomic mass is 16.4. The SMILES string of the molecule is Cc1ccc(C(=O)N2C[C@@H]3CCCN4CCC[C@@H]([C@H]34)[C@@H]2CCCC(=O)O)cc1. The third-order valence-corrected chi connectivity index (χ3v) is 7.12. The first-order chi connectivity index (χ1) is 13.5. The average Bonchev–Trinajstić information content (AvgIpc) is 2.69. The fraction of sp³-hybridized carbons (Fsp3) is 0.652. The molecule has 3 fully saturated rings. The average molecular weight is 385 g/mol. The third-order valence-electron chi connectivity index (χ3n) is 7.12. The molecular formula is C23H32N2O3. The fourth-order valence-corrected chi connectivity index (χ4v) is 5.92. The largest absolute Gasteiger partial charge is 0.481 e. The maximum Gasteiger partial charge on any atom is 0.303 e. The summed E-state index contributed by atoms with van der Waals surface area (Å²) in [7, 11) is 0. The van der Waals surface area contributed by atoms with Crippen LogP contribution in [0.25, 0.3) is 0 Å². The van der Waals surface area contributed by atoms with Crippen molar-refractivity contribution in [3.05, 3.63) is 35.4 Å². The number of carbonyl (C=O) groups is 2. The van der Waals surface area contributed by atoms with E-state index in [1.165, 1.54) is 32.4 Å². The van der Waals surface area contributed by atoms with Gasteiger partial charge in [-0.1, -0.05) is 17.7 Å². The Morgan fingerprint density at radius 1 is 1.11 bits per heavy atom. The van der Waals surface area contributed by atoms with Crippen molar-refractivity contribution in [3.63, 3.8) is 0 Å². The molecule has 152 valence electrons. The molecule has 3 saturated heterocycles. The summed E-state index contributed by atoms with van der Waals surface area (Å²) < 4.78 is 0. The van der Waals surface area contributed by atoms with Crippen LogP contribution in [0.5, 0.6) is 0 Å². The maximum absolute atomic E-state index is 13.4. The first kappa shape index (κ1) is 19.4. The zero-order chi connectivity index (χ0) is 19.7. The van der Waals surface area contributed by atoms with Crippen molar-refractivity contribution in [2.24, 2.45) is 11.8 Å². The molecule has 0 aliphatic carbocycles. The number of piperidine rings is 3. The first-order valence-corrected chi connectivity index (χ1v) is 10.9. The van der Waals surface area contributed by atoms with E-state index in [-0.39, 0.29) is 18.4 Å². The Morgan fingerprint density at radius 3 is 2.54 bits per heavy atom. The van der Waals surface area contributed by atoms with Crippen LogP contribution in [-0.2, 0) is 4.79 Å². The Labute approximate surface area is 167 Å². The standard InChI is InChI=1S/C23H32N2O3/c1-16-9-11-17(12-10-16)23(28)25-15-18-5-3-13-24-14-4-6-19(22(18)24)20(25)7-2-8-21(26)27/h9-12,18-20,22H,2-8,13-15H2,1H3,(H,26,27)/t18-,19+,20-,22-/m0/s1. The van der Waals surface area contributed by atoms with Gasteiger partial charge in [-0.15, -0.1) is 0 Å². The van der Waals surface area contributed by atoms with E-state index in [1.54, 1.807) is 0 Å². The number of hydrogen-bond donors (Lipinski definition) is 1. The van der Waals surface area contributed by atoms with E-state index in [0.717, 1.165) is 30.5 Å². The molecule has 0 aromatic heterocycles. The lowest BCUT2D eigenvalue weighted by Crippen LogP contribution is -2.65. The summed E-state index contributed by atoms with van der Waals surface area (Å²) in [6, 6.07) is 8.62. The number of likely N-dealkylation sites (tertiary alicyclic amines) is 1. The Hall–Kier alpha value is -1.88. The lowest BCUT2D eigenvalue weighted by atomic mass is 9.69. The van der Waals surface area contributed by atoms with Crippen LogP contribution in [0.1, 0.15) is 60.9 Å². The van der Waals surface area contributed by atoms with Crippen LogP contribution in [0, 0.1) is 18.8 Å². The number of amides is 1. The summed E-state index contributed by atoms with van der Waals surface area (Å²) >= 11 is 0. The molecule has 0 bridgehead atoms. The number of carboxylic acid groups (broad SMARTS) is 1. The number of aryl methyl sites for hydroxylation is 1. The maximum atomic E-state index is 13.4. The van der Waals surface area contributed by atoms with Gasteiger partial charge in [-0.05, 0) is 82.5 Å². The topological polar surface area (TPSA) is 60.9 Å². The molecule has 1 N–H and O–H groups in total. The van der Waals surface area contributed by atoms with Crippen molar-refractivity contribution in [2.45, 2.75) is 64.0 Å². The second-order valence-electron chi connectivity index (χ2n) is 8.91. The van der Waals surface area contributed by atoms with Crippen LogP contribution < -0.4 is 0 Å². The number of nitrogens with zero attached hydrogens (tertiary/aromatic N) is 2. The molecule has 5 heteroatoms. The van der Waals surface area contributed by atoms with Gasteiger partial charge >= 0.3 is 5.97 Å². The minimum absolute atomic E-state index is 0.126. The third kappa shape index (κ3) is 3.82. The summed E-state index contributed by atoms with van der Waals surface area (Å²) in [6.45, 7) is 5.23. The van der Waals surface area contributed by atoms with Crippen molar-refractivity contribution >= 4 is 11.9 Å². The summed E-state index contributed by atoms with van der Waals surface area (Å²) in [6.07, 6.45) is 6.41. The van der Waals surface area contributed by atoms with Crippen molar-refractivity contribution < 1.29 is 14.7 Å². The molecule has 1 aromatic rings. The van der Waals surface area contributed by atoms with E-state index in [9.17, 15) is 9.59 Å². The monoisotopic (exact) mass is 384 g/mol. The minimum Gasteiger partial charge on any atom is -0.481 e. The normalized spacial score (nSPS) is 30.0. The Kier molecular flexibility index (Phi) is 5.72. The van der Waals surface area contributed by atoms with Gasteiger partial charge in [0.25, 0.3) is 5.91 Å². The van der Waals surface area contributed by atoms with Gasteiger partial charge in [-0.3, -0.25) is 14.5 Å². The van der Waals surface area contributed by atoms with Crippen molar-refractivity contribution in [3.8, 4) is 0 Å². The second-order valence-corrected chi connectivity index (χ2v) is 8.91. The van der Waals surface area contributed by atoms with Gasteiger partial charge in [0.15, 0.2) is 0 Å². The molecule has 4 atom stereocenters. The highest BCUT2D eigenvalue weighted by molar-refractivity contribution is 5.94. The van der Waals surface area contributed by atoms with Crippen molar-refractivity contribution in [2.75, 3.05) is 19.6 Å². The highest BCUT2D eigenvalue weighted by Gasteiger charge is 2.49. The fourth-order valence-electron chi connectivity index (χ4n) is 5.92. The van der Waals surface area contributed by atoms with Gasteiger partial charge in [0.05, 0.1) is 0 Å². The Morgan fingerprint density at radius 2 is 1.82 bits per heavy atom. The van der Waals surface area contributed by atoms with Gasteiger partial charge in [0, 0.05) is 30.6 Å². The molecule has 28 heavy (non-hydrogen) atoms. The Balaban J connectivity index is 1.60. The van der Waals surface area contributed by atoms with Crippen LogP contribution in [0.2, 0.25) is 0 Å². The van der Waals surface area contributed by atoms with Gasteiger partial charge in [0.2, 0.25) is 0 Å². The van der Waals surface area contributed by atoms with E-state index < -0.39 is 5.97 Å². The van der Waals surface area contributed by atoms with Crippen LogP contribution >= 0.6 is 0 Å². The summed E-state index contributed by atoms with van der Waals surface area (Å²) in [5.74, 6) is 0.426. The molecule has 0 radical (unpaired) electrons. The number of carbonyl (C=O) groups excluding carboxylic acids is 1. The molecule has 3 heterocycles. The lowest BCUT2D eigenvalue weighted by Gasteiger charge is -2.57. The predicted octanol–water partition coefficient (Wildman–Crippen LogP) is 3.56. The van der Waals surface area contributed by atoms with Gasteiger partial charge < -0.3 is 10.0 Å². The van der Waals surface area contributed by atoms with Crippen LogP contribution in [0.15, 0.2) is 24.3 Å². The molecule has 3 aliphatic heterocycles. The number of hydrogen-bond acceptors (Lipinski definition) is 3. The summed E-state index contributed by atoms with van der Waals surface area (Å²) in [5, 5.41) is 9.10. The predicted molar refractivity (Wildman–Crippen MR) is 108 cm³/mol. The van der Waals surface area contributed by atoms with Gasteiger partial charge in [-0.2, -0.15) is 0 Å². The molecule has 1 amide bonds. The lowest BCUT2D eigenvalue weighted by molar-refractivity contribution is -0.137. The molecule has 0 saturated carbocycles. The number of rotatable bonds is 5. The zero-order valence-electron chi connectivity index (χ0n) is 16.8. The second kappa shape index (κ2) is 8.24. The van der Waals surface area contributed by atoms with E-state index in [0.29, 0.717) is 24.3 Å². The minimum atomic E-state index is -0.743. The number of benzene rings is 1. The van der Waals surface area contributed by atoms with E-state index >= 15 is 0 Å². The molecule has 4 rings (SSSR count). The van der Waals surface area contributed by atoms with Crippen molar-refractivity contribution in [1.29, 1.82) is 0 Å². The number of carboxylic acids is 1. The molecule has 0 spiro atoms. The van der Waals surface area contributed by atoms with Crippen LogP contribution in [-0.4, -0.2) is 58.5 Å². The highest BCUT2D eigenvalue weighted by Crippen LogP contribution is 2.43. The summed E-state index contributed by atoms with van der Waals surface area (Å²) in [5.41, 5.74) is 1.92. The van der Waals surface area contributed by atoms with Crippen molar-refractivity contribution in [1.82, 2.24) is 9.80 Å². The number of aliphatic carboxylic acids is 1. The molecule has 3 aliphatic rings. The van der Waals surface area contributed by atoms with Gasteiger partial charge in [0.1, 0.15) is 0 Å². The molecular weight excluding hydrogens is 352 g/mol. The van der Waals surface area contributed by atoms with E-state index in [4.69, 9.17) is 5.11 Å². The van der Waals surface area contributed by atoms with Gasteiger partial charge in [-0.25, -0.2) is 0 Å². The van der Waals surface area contributed by atoms with E-state index in [2.05, 4.69) is 9.80 Å². The molecule has 5 nitrogen and oxygen atoms in total. The molecule has 1 aromatic carbocycles. The van der Waals surface area contributed by atoms with E-state index in [1.807, 2.05) is 31.2 Å². The van der Waals surface area contributed by atoms with Crippen LogP contribution in [0.3, 0.4) is 0 Å². The zero-order valence-corrected chi connectivity index (χ0v) is 16.8. The quantitative estimate of drug-likeness (QED) is 0.843. The summed E-state index contributed by atoms with van der Waals surface area (Å²) in [4.78, 5) is 29.3. The Bertz CT molecular complexity index is 715. The first-order valence-electron chi connectivity index (χ1n) is 10.9. The smallest absolute Gasteiger partial charge is 0.303 e. The van der Waals surface area contributed by atoms with Crippen LogP contribution in [0.4, 0.5) is 0 Å². The molecule has 0 unspecified atom stereocenters.